The van der Waals surface area contributed by atoms with Crippen LogP contribution < -0.4 is 0 Å². The average molecular weight is 465 g/mol. The van der Waals surface area contributed by atoms with Crippen molar-refractivity contribution in [3.05, 3.63) is 45.1 Å². The smallest absolute Gasteiger partial charge is 0.310 e. The van der Waals surface area contributed by atoms with Crippen LogP contribution in [-0.2, 0) is 16.1 Å². The molecule has 6 nitrogen and oxygen atoms in total. The molecule has 0 aliphatic carbocycles. The Balaban J connectivity index is 1.60. The van der Waals surface area contributed by atoms with Crippen LogP contribution in [0.1, 0.15) is 17.5 Å². The molecule has 1 aromatic carbocycles. The van der Waals surface area contributed by atoms with Crippen LogP contribution in [0, 0.1) is 12.8 Å². The number of pyridine rings is 1. The van der Waals surface area contributed by atoms with Crippen molar-refractivity contribution in [2.75, 3.05) is 20.2 Å². The normalized spacial score (nSPS) is 17.4. The summed E-state index contributed by atoms with van der Waals surface area (Å²) < 4.78 is 11.7. The van der Waals surface area contributed by atoms with Crippen LogP contribution >= 0.6 is 27.5 Å². The van der Waals surface area contributed by atoms with Gasteiger partial charge in [-0.1, -0.05) is 11.6 Å². The van der Waals surface area contributed by atoms with Crippen molar-refractivity contribution in [1.82, 2.24) is 14.9 Å². The summed E-state index contributed by atoms with van der Waals surface area (Å²) in [5, 5.41) is 0.524. The van der Waals surface area contributed by atoms with Gasteiger partial charge in [-0.3, -0.25) is 14.7 Å². The number of halogens is 2. The van der Waals surface area contributed by atoms with Crippen molar-refractivity contribution in [3.63, 3.8) is 0 Å². The minimum Gasteiger partial charge on any atom is -0.469 e. The maximum absolute atomic E-state index is 11.7. The van der Waals surface area contributed by atoms with Crippen molar-refractivity contribution in [3.8, 4) is 11.5 Å². The molecule has 0 amide bonds. The number of esters is 1. The van der Waals surface area contributed by atoms with Crippen LogP contribution in [-0.4, -0.2) is 41.0 Å². The van der Waals surface area contributed by atoms with E-state index in [0.717, 1.165) is 34.1 Å². The van der Waals surface area contributed by atoms with E-state index >= 15 is 0 Å². The predicted molar refractivity (Wildman–Crippen MR) is 110 cm³/mol. The Labute approximate surface area is 176 Å². The van der Waals surface area contributed by atoms with Gasteiger partial charge in [-0.05, 0) is 59.1 Å². The van der Waals surface area contributed by atoms with Gasteiger partial charge in [0.15, 0.2) is 5.58 Å². The molecule has 1 atom stereocenters. The van der Waals surface area contributed by atoms with Crippen molar-refractivity contribution in [1.29, 1.82) is 0 Å². The van der Waals surface area contributed by atoms with E-state index in [1.807, 2.05) is 19.1 Å². The maximum Gasteiger partial charge on any atom is 0.310 e. The Hall–Kier alpha value is -1.96. The van der Waals surface area contributed by atoms with Gasteiger partial charge in [-0.15, -0.1) is 0 Å². The number of nitrogens with zero attached hydrogens (tertiary/aromatic N) is 3. The number of carbonyl (C=O) groups is 1. The molecule has 2 aromatic heterocycles. The van der Waals surface area contributed by atoms with Crippen LogP contribution in [0.2, 0.25) is 5.02 Å². The van der Waals surface area contributed by atoms with Crippen LogP contribution in [0.15, 0.2) is 33.4 Å². The van der Waals surface area contributed by atoms with Crippen molar-refractivity contribution in [2.45, 2.75) is 19.9 Å². The Kier molecular flexibility index (Phi) is 5.40. The second kappa shape index (κ2) is 7.81. The molecular weight excluding hydrogens is 446 g/mol. The monoisotopic (exact) mass is 463 g/mol. The number of rotatable bonds is 4. The molecule has 0 N–H and O–H groups in total. The standard InChI is InChI=1S/C20H19BrClN3O3/c1-11-14(7-23-8-15(11)21)19-24-17-6-12(5-16(22)18(17)28-19)9-25-4-3-13(10-25)20(26)27-2/h5-8,13H,3-4,9-10H2,1-2H3/t13-/m1/s1. The van der Waals surface area contributed by atoms with E-state index in [1.54, 1.807) is 12.4 Å². The highest BCUT2D eigenvalue weighted by atomic mass is 79.9. The molecule has 1 saturated heterocycles. The molecule has 0 saturated carbocycles. The van der Waals surface area contributed by atoms with Gasteiger partial charge in [0.25, 0.3) is 0 Å². The summed E-state index contributed by atoms with van der Waals surface area (Å²) in [4.78, 5) is 22.8. The highest BCUT2D eigenvalue weighted by Gasteiger charge is 2.29. The molecule has 28 heavy (non-hydrogen) atoms. The lowest BCUT2D eigenvalue weighted by Crippen LogP contribution is -2.23. The Morgan fingerprint density at radius 3 is 3.04 bits per heavy atom. The fraction of sp³-hybridized carbons (Fsp3) is 0.350. The average Bonchev–Trinajstić information content (AvgIpc) is 3.31. The molecule has 1 fully saturated rings. The zero-order valence-electron chi connectivity index (χ0n) is 15.5. The van der Waals surface area contributed by atoms with Crippen LogP contribution in [0.25, 0.3) is 22.6 Å². The zero-order chi connectivity index (χ0) is 19.8. The summed E-state index contributed by atoms with van der Waals surface area (Å²) in [5.41, 5.74) is 4.13. The molecule has 3 aromatic rings. The lowest BCUT2D eigenvalue weighted by atomic mass is 10.1. The predicted octanol–water partition coefficient (Wildman–Crippen LogP) is 4.61. The molecule has 0 radical (unpaired) electrons. The fourth-order valence-corrected chi connectivity index (χ4v) is 4.17. The molecule has 1 aliphatic heterocycles. The van der Waals surface area contributed by atoms with Gasteiger partial charge >= 0.3 is 5.97 Å². The quantitative estimate of drug-likeness (QED) is 0.525. The topological polar surface area (TPSA) is 68.5 Å². The third-order valence-corrected chi connectivity index (χ3v) is 6.18. The van der Waals surface area contributed by atoms with Crippen LogP contribution in [0.3, 0.4) is 0 Å². The molecule has 146 valence electrons. The molecule has 0 bridgehead atoms. The van der Waals surface area contributed by atoms with Gasteiger partial charge in [0.05, 0.1) is 23.6 Å². The molecule has 1 aliphatic rings. The van der Waals surface area contributed by atoms with Crippen molar-refractivity contribution >= 4 is 44.6 Å². The Bertz CT molecular complexity index is 1050. The van der Waals surface area contributed by atoms with E-state index in [0.29, 0.717) is 35.1 Å². The molecule has 8 heteroatoms. The van der Waals surface area contributed by atoms with Gasteiger partial charge in [-0.2, -0.15) is 0 Å². The van der Waals surface area contributed by atoms with Gasteiger partial charge < -0.3 is 9.15 Å². The van der Waals surface area contributed by atoms with Crippen molar-refractivity contribution in [2.24, 2.45) is 5.92 Å². The summed E-state index contributed by atoms with van der Waals surface area (Å²) >= 11 is 9.96. The number of benzene rings is 1. The lowest BCUT2D eigenvalue weighted by molar-refractivity contribution is -0.144. The molecule has 3 heterocycles. The third-order valence-electron chi connectivity index (χ3n) is 5.10. The fourth-order valence-electron chi connectivity index (χ4n) is 3.56. The number of hydrogen-bond donors (Lipinski definition) is 0. The van der Waals surface area contributed by atoms with E-state index in [2.05, 4.69) is 30.8 Å². The van der Waals surface area contributed by atoms with Gasteiger partial charge in [-0.25, -0.2) is 4.98 Å². The maximum atomic E-state index is 11.7. The minimum atomic E-state index is -0.143. The van der Waals surface area contributed by atoms with Gasteiger partial charge in [0, 0.05) is 30.0 Å². The SMILES string of the molecule is COC(=O)[C@@H]1CCN(Cc2cc(Cl)c3oc(-c4cncc(Br)c4C)nc3c2)C1. The molecule has 4 rings (SSSR count). The summed E-state index contributed by atoms with van der Waals surface area (Å²) in [7, 11) is 1.43. The molecular formula is C20H19BrClN3O3. The number of carbonyl (C=O) groups excluding carboxylic acids is 1. The zero-order valence-corrected chi connectivity index (χ0v) is 17.9. The summed E-state index contributed by atoms with van der Waals surface area (Å²) in [6.45, 7) is 4.22. The highest BCUT2D eigenvalue weighted by molar-refractivity contribution is 9.10. The van der Waals surface area contributed by atoms with Gasteiger partial charge in [0.1, 0.15) is 5.52 Å². The lowest BCUT2D eigenvalue weighted by Gasteiger charge is -2.15. The minimum absolute atomic E-state index is 0.0603. The number of oxazole rings is 1. The number of hydrogen-bond acceptors (Lipinski definition) is 6. The van der Waals surface area contributed by atoms with E-state index < -0.39 is 0 Å². The second-order valence-corrected chi connectivity index (χ2v) is 8.24. The first kappa shape index (κ1) is 19.4. The van der Waals surface area contributed by atoms with Gasteiger partial charge in [0.2, 0.25) is 5.89 Å². The molecule has 0 unspecified atom stereocenters. The largest absolute Gasteiger partial charge is 0.469 e. The first-order chi connectivity index (χ1) is 13.5. The van der Waals surface area contributed by atoms with E-state index in [1.165, 1.54) is 7.11 Å². The third kappa shape index (κ3) is 3.66. The van der Waals surface area contributed by atoms with Crippen LogP contribution in [0.4, 0.5) is 0 Å². The summed E-state index contributed by atoms with van der Waals surface area (Å²) in [5.74, 6) is 0.289. The first-order valence-electron chi connectivity index (χ1n) is 8.96. The van der Waals surface area contributed by atoms with Crippen LogP contribution in [0.5, 0.6) is 0 Å². The molecule has 0 spiro atoms. The number of methoxy groups -OCH3 is 1. The number of ether oxygens (including phenoxy) is 1. The van der Waals surface area contributed by atoms with E-state index in [4.69, 9.17) is 20.8 Å². The Morgan fingerprint density at radius 1 is 1.43 bits per heavy atom. The number of fused-ring (bicyclic) bond motifs is 1. The number of aromatic nitrogens is 2. The highest BCUT2D eigenvalue weighted by Crippen LogP contribution is 2.33. The second-order valence-electron chi connectivity index (χ2n) is 6.98. The number of likely N-dealkylation sites (tertiary alicyclic amines) is 1. The summed E-state index contributed by atoms with van der Waals surface area (Å²) in [6.07, 6.45) is 4.28. The van der Waals surface area contributed by atoms with E-state index in [-0.39, 0.29) is 11.9 Å². The summed E-state index contributed by atoms with van der Waals surface area (Å²) in [6, 6.07) is 3.89. The van der Waals surface area contributed by atoms with E-state index in [9.17, 15) is 4.79 Å². The van der Waals surface area contributed by atoms with Crippen molar-refractivity contribution < 1.29 is 13.9 Å². The first-order valence-corrected chi connectivity index (χ1v) is 10.1. The Morgan fingerprint density at radius 2 is 2.25 bits per heavy atom.